The van der Waals surface area contributed by atoms with Crippen molar-refractivity contribution in [2.75, 3.05) is 25.0 Å². The molecule has 4 aromatic rings. The van der Waals surface area contributed by atoms with Crippen LogP contribution in [0.1, 0.15) is 29.0 Å². The third-order valence-corrected chi connectivity index (χ3v) is 9.84. The summed E-state index contributed by atoms with van der Waals surface area (Å²) in [6.07, 6.45) is 2.72. The highest BCUT2D eigenvalue weighted by Gasteiger charge is 2.34. The number of piperazine rings is 1. The number of aliphatic imine (C=N–C) groups is 1. The molecule has 1 aliphatic heterocycles. The van der Waals surface area contributed by atoms with E-state index in [0.29, 0.717) is 24.2 Å². The van der Waals surface area contributed by atoms with Gasteiger partial charge in [-0.25, -0.2) is 21.6 Å². The van der Waals surface area contributed by atoms with E-state index in [9.17, 15) is 22.0 Å². The van der Waals surface area contributed by atoms with Crippen LogP contribution in [0.4, 0.5) is 18.9 Å². The van der Waals surface area contributed by atoms with Crippen LogP contribution in [0.15, 0.2) is 101 Å². The van der Waals surface area contributed by atoms with Crippen LogP contribution in [-0.4, -0.2) is 62.0 Å². The summed E-state index contributed by atoms with van der Waals surface area (Å²) >= 11 is 0. The number of nitrogens with zero attached hydrogens (tertiary/aromatic N) is 3. The zero-order valence-corrected chi connectivity index (χ0v) is 25.1. The third-order valence-electron chi connectivity index (χ3n) is 7.88. The molecular weight excluding hydrogens is 603 g/mol. The molecule has 1 fully saturated rings. The van der Waals surface area contributed by atoms with Gasteiger partial charge in [0, 0.05) is 37.2 Å². The lowest BCUT2D eigenvalue weighted by Crippen LogP contribution is -2.53. The number of hydrogen-bond donors (Lipinski definition) is 2. The van der Waals surface area contributed by atoms with Crippen LogP contribution in [0.3, 0.4) is 0 Å². The van der Waals surface area contributed by atoms with Gasteiger partial charge in [0.2, 0.25) is 15.9 Å². The van der Waals surface area contributed by atoms with Crippen molar-refractivity contribution >= 4 is 28.3 Å². The number of aromatic nitrogens is 1. The number of anilines is 1. The summed E-state index contributed by atoms with van der Waals surface area (Å²) in [4.78, 5) is 21.9. The zero-order valence-electron chi connectivity index (χ0n) is 24.2. The minimum Gasteiger partial charge on any atom is -0.323 e. The second kappa shape index (κ2) is 14.1. The van der Waals surface area contributed by atoms with Gasteiger partial charge < -0.3 is 10.6 Å². The standard InChI is InChI=1S/C33H32F3N5O3S/c1-37-32(31(22-7-11-24(34)12-8-22)23-9-13-25(35)14-10-23)33(42)40-30-21-39-20-29(36)28(30)16-15-26-19-38-17-18-41(26)45(43,44)27-5-3-2-4-6-27/h2-14,20-21,26,31-32,38H,1,15-19H2,(H,40,42)/t26-,32-/m0/s1. The highest BCUT2D eigenvalue weighted by Crippen LogP contribution is 2.32. The Morgan fingerprint density at radius 3 is 2.20 bits per heavy atom. The molecule has 234 valence electrons. The average molecular weight is 636 g/mol. The van der Waals surface area contributed by atoms with E-state index < -0.39 is 51.4 Å². The van der Waals surface area contributed by atoms with E-state index in [0.717, 1.165) is 6.20 Å². The molecule has 3 aromatic carbocycles. The minimum absolute atomic E-state index is 0.0999. The van der Waals surface area contributed by atoms with Crippen molar-refractivity contribution < 1.29 is 26.4 Å². The first kappa shape index (κ1) is 32.0. The van der Waals surface area contributed by atoms with Gasteiger partial charge in [-0.05, 0) is 67.1 Å². The van der Waals surface area contributed by atoms with Crippen LogP contribution in [0.5, 0.6) is 0 Å². The molecule has 1 saturated heterocycles. The van der Waals surface area contributed by atoms with Crippen LogP contribution < -0.4 is 10.6 Å². The minimum atomic E-state index is -3.79. The topological polar surface area (TPSA) is 104 Å². The van der Waals surface area contributed by atoms with Gasteiger partial charge >= 0.3 is 0 Å². The molecule has 45 heavy (non-hydrogen) atoms. The first-order valence-corrected chi connectivity index (χ1v) is 15.8. The van der Waals surface area contributed by atoms with Crippen LogP contribution in [-0.2, 0) is 21.2 Å². The molecule has 0 saturated carbocycles. The van der Waals surface area contributed by atoms with Crippen molar-refractivity contribution in [3.05, 3.63) is 125 Å². The molecule has 2 heterocycles. The molecule has 0 unspecified atom stereocenters. The summed E-state index contributed by atoms with van der Waals surface area (Å²) in [6.45, 7) is 4.72. The van der Waals surface area contributed by atoms with Crippen LogP contribution in [0, 0.1) is 17.5 Å². The average Bonchev–Trinajstić information content (AvgIpc) is 3.05. The molecule has 1 amide bonds. The van der Waals surface area contributed by atoms with E-state index >= 15 is 4.39 Å². The number of carbonyl (C=O) groups excluding carboxylic acids is 1. The van der Waals surface area contributed by atoms with Crippen molar-refractivity contribution in [2.24, 2.45) is 4.99 Å². The Morgan fingerprint density at radius 1 is 0.978 bits per heavy atom. The highest BCUT2D eigenvalue weighted by atomic mass is 32.2. The van der Waals surface area contributed by atoms with Gasteiger partial charge in [0.05, 0.1) is 23.0 Å². The second-order valence-corrected chi connectivity index (χ2v) is 12.6. The lowest BCUT2D eigenvalue weighted by atomic mass is 9.84. The van der Waals surface area contributed by atoms with E-state index in [1.807, 2.05) is 0 Å². The molecule has 0 aliphatic carbocycles. The Kier molecular flexibility index (Phi) is 10.1. The number of sulfonamides is 1. The van der Waals surface area contributed by atoms with Crippen molar-refractivity contribution in [1.29, 1.82) is 0 Å². The largest absolute Gasteiger partial charge is 0.323 e. The van der Waals surface area contributed by atoms with Crippen LogP contribution in [0.25, 0.3) is 0 Å². The summed E-state index contributed by atoms with van der Waals surface area (Å²) in [5.41, 5.74) is 1.34. The lowest BCUT2D eigenvalue weighted by molar-refractivity contribution is -0.117. The first-order valence-electron chi connectivity index (χ1n) is 14.4. The molecule has 12 heteroatoms. The number of halogens is 3. The SMILES string of the molecule is C=N[C@H](C(=O)Nc1cncc(F)c1CC[C@H]1CNCCN1S(=O)(=O)c1ccccc1)C(c1ccc(F)cc1)c1ccc(F)cc1. The maximum absolute atomic E-state index is 15.2. The molecule has 8 nitrogen and oxygen atoms in total. The Balaban J connectivity index is 1.39. The maximum Gasteiger partial charge on any atom is 0.250 e. The molecule has 5 rings (SSSR count). The normalized spacial score (nSPS) is 16.3. The summed E-state index contributed by atoms with van der Waals surface area (Å²) in [6, 6.07) is 17.6. The molecule has 0 spiro atoms. The summed E-state index contributed by atoms with van der Waals surface area (Å²) in [7, 11) is -3.79. The number of nitrogens with one attached hydrogen (secondary N) is 2. The van der Waals surface area contributed by atoms with E-state index in [4.69, 9.17) is 0 Å². The van der Waals surface area contributed by atoms with Crippen molar-refractivity contribution in [1.82, 2.24) is 14.6 Å². The van der Waals surface area contributed by atoms with E-state index in [-0.39, 0.29) is 35.5 Å². The summed E-state index contributed by atoms with van der Waals surface area (Å²) in [5, 5.41) is 5.94. The molecule has 2 atom stereocenters. The number of carbonyl (C=O) groups is 1. The number of rotatable bonds is 11. The quantitative estimate of drug-likeness (QED) is 0.228. The molecule has 1 aliphatic rings. The van der Waals surface area contributed by atoms with Gasteiger partial charge in [-0.2, -0.15) is 4.31 Å². The van der Waals surface area contributed by atoms with Gasteiger partial charge in [-0.1, -0.05) is 42.5 Å². The predicted octanol–water partition coefficient (Wildman–Crippen LogP) is 4.93. The van der Waals surface area contributed by atoms with E-state index in [2.05, 4.69) is 27.3 Å². The monoisotopic (exact) mass is 635 g/mol. The van der Waals surface area contributed by atoms with Gasteiger partial charge in [0.15, 0.2) is 0 Å². The third kappa shape index (κ3) is 7.30. The smallest absolute Gasteiger partial charge is 0.250 e. The fourth-order valence-corrected chi connectivity index (χ4v) is 7.29. The highest BCUT2D eigenvalue weighted by molar-refractivity contribution is 7.89. The summed E-state index contributed by atoms with van der Waals surface area (Å²) in [5.74, 6) is -3.00. The molecule has 0 radical (unpaired) electrons. The van der Waals surface area contributed by atoms with Gasteiger partial charge in [0.25, 0.3) is 0 Å². The molecular formula is C33H32F3N5O3S. The van der Waals surface area contributed by atoms with Crippen molar-refractivity contribution in [3.8, 4) is 0 Å². The maximum atomic E-state index is 15.2. The summed E-state index contributed by atoms with van der Waals surface area (Å²) < 4.78 is 71.0. The second-order valence-electron chi connectivity index (χ2n) is 10.7. The Bertz CT molecular complexity index is 1690. The fourth-order valence-electron chi connectivity index (χ4n) is 5.61. The van der Waals surface area contributed by atoms with Crippen molar-refractivity contribution in [2.45, 2.75) is 35.7 Å². The molecule has 2 N–H and O–H groups in total. The van der Waals surface area contributed by atoms with Crippen molar-refractivity contribution in [3.63, 3.8) is 0 Å². The van der Waals surface area contributed by atoms with Gasteiger partial charge in [0.1, 0.15) is 23.5 Å². The number of benzene rings is 3. The molecule has 0 bridgehead atoms. The lowest BCUT2D eigenvalue weighted by Gasteiger charge is -2.35. The van der Waals surface area contributed by atoms with Crippen LogP contribution >= 0.6 is 0 Å². The number of amides is 1. The first-order chi connectivity index (χ1) is 21.7. The fraction of sp³-hybridized carbons (Fsp3) is 0.242. The van der Waals surface area contributed by atoms with E-state index in [1.54, 1.807) is 30.3 Å². The predicted molar refractivity (Wildman–Crippen MR) is 166 cm³/mol. The molecule has 1 aromatic heterocycles. The number of hydrogen-bond acceptors (Lipinski definition) is 6. The Hall–Kier alpha value is -4.39. The Labute approximate surface area is 260 Å². The Morgan fingerprint density at radius 2 is 1.60 bits per heavy atom. The zero-order chi connectivity index (χ0) is 32.0. The van der Waals surface area contributed by atoms with Gasteiger partial charge in [-0.15, -0.1) is 0 Å². The van der Waals surface area contributed by atoms with Crippen LogP contribution in [0.2, 0.25) is 0 Å². The van der Waals surface area contributed by atoms with E-state index in [1.165, 1.54) is 59.0 Å². The van der Waals surface area contributed by atoms with Gasteiger partial charge in [-0.3, -0.25) is 14.8 Å². The number of pyridine rings is 1.